The maximum atomic E-state index is 12.5. The van der Waals surface area contributed by atoms with Crippen molar-refractivity contribution in [2.45, 2.75) is 6.92 Å². The second-order valence-corrected chi connectivity index (χ2v) is 6.28. The summed E-state index contributed by atoms with van der Waals surface area (Å²) in [6.07, 6.45) is 5.57. The van der Waals surface area contributed by atoms with E-state index in [1.54, 1.807) is 18.1 Å². The summed E-state index contributed by atoms with van der Waals surface area (Å²) >= 11 is 0. The summed E-state index contributed by atoms with van der Waals surface area (Å²) in [5, 5.41) is 7.73. The lowest BCUT2D eigenvalue weighted by molar-refractivity contribution is 0.0740. The Kier molecular flexibility index (Phi) is 4.11. The van der Waals surface area contributed by atoms with Crippen LogP contribution < -0.4 is 4.90 Å². The maximum Gasteiger partial charge on any atom is 0.276 e. The molecule has 0 bridgehead atoms. The van der Waals surface area contributed by atoms with Gasteiger partial charge in [0, 0.05) is 51.7 Å². The van der Waals surface area contributed by atoms with E-state index in [0.717, 1.165) is 17.5 Å². The van der Waals surface area contributed by atoms with Gasteiger partial charge in [-0.3, -0.25) is 9.48 Å². The molecule has 0 unspecified atom stereocenters. The molecule has 1 aliphatic rings. The number of hydrogen-bond donors (Lipinski definition) is 0. The van der Waals surface area contributed by atoms with E-state index < -0.39 is 0 Å². The van der Waals surface area contributed by atoms with E-state index in [-0.39, 0.29) is 5.91 Å². The summed E-state index contributed by atoms with van der Waals surface area (Å²) in [6.45, 7) is 4.57. The first-order chi connectivity index (χ1) is 12.6. The molecule has 134 valence electrons. The standard InChI is InChI=1S/C17H20N8O/c1-13-18-15(23-5-3-4-6-23)11-16(19-13)24-7-9-25(10-8-24)17(26)14-12-22(2)21-20-14/h3-6,11-12H,7-10H2,1-2H3. The lowest BCUT2D eigenvalue weighted by atomic mass is 10.2. The van der Waals surface area contributed by atoms with Gasteiger partial charge in [0.1, 0.15) is 17.5 Å². The maximum absolute atomic E-state index is 12.5. The zero-order chi connectivity index (χ0) is 18.1. The molecule has 0 saturated carbocycles. The van der Waals surface area contributed by atoms with Crippen molar-refractivity contribution in [2.24, 2.45) is 7.05 Å². The highest BCUT2D eigenvalue weighted by Crippen LogP contribution is 2.18. The van der Waals surface area contributed by atoms with Crippen LogP contribution in [0.2, 0.25) is 0 Å². The molecule has 4 heterocycles. The van der Waals surface area contributed by atoms with Gasteiger partial charge in [0.2, 0.25) is 0 Å². The van der Waals surface area contributed by atoms with Crippen LogP contribution in [0, 0.1) is 6.92 Å². The van der Waals surface area contributed by atoms with Gasteiger partial charge in [-0.1, -0.05) is 5.21 Å². The molecule has 0 spiro atoms. The Morgan fingerprint density at radius 1 is 1.04 bits per heavy atom. The minimum Gasteiger partial charge on any atom is -0.353 e. The fourth-order valence-electron chi connectivity index (χ4n) is 3.06. The van der Waals surface area contributed by atoms with Gasteiger partial charge in [-0.05, 0) is 19.1 Å². The molecular formula is C17H20N8O. The molecule has 1 amide bonds. The first-order valence-corrected chi connectivity index (χ1v) is 8.50. The number of aryl methyl sites for hydroxylation is 2. The Morgan fingerprint density at radius 2 is 1.73 bits per heavy atom. The van der Waals surface area contributed by atoms with Crippen molar-refractivity contribution in [3.8, 4) is 5.82 Å². The number of rotatable bonds is 3. The van der Waals surface area contributed by atoms with Gasteiger partial charge in [-0.15, -0.1) is 5.10 Å². The number of carbonyl (C=O) groups excluding carboxylic acids is 1. The van der Waals surface area contributed by atoms with Gasteiger partial charge in [-0.25, -0.2) is 9.97 Å². The minimum absolute atomic E-state index is 0.0790. The first kappa shape index (κ1) is 16.2. The van der Waals surface area contributed by atoms with Gasteiger partial charge in [0.25, 0.3) is 5.91 Å². The Morgan fingerprint density at radius 3 is 2.38 bits per heavy atom. The van der Waals surface area contributed by atoms with Crippen molar-refractivity contribution in [2.75, 3.05) is 31.1 Å². The van der Waals surface area contributed by atoms with Crippen LogP contribution in [0.5, 0.6) is 0 Å². The molecule has 0 aromatic carbocycles. The summed E-state index contributed by atoms with van der Waals surface area (Å²) in [7, 11) is 1.75. The lowest BCUT2D eigenvalue weighted by Crippen LogP contribution is -2.49. The number of aromatic nitrogens is 6. The highest BCUT2D eigenvalue weighted by Gasteiger charge is 2.25. The van der Waals surface area contributed by atoms with E-state index in [2.05, 4.69) is 25.2 Å². The molecule has 0 atom stereocenters. The molecule has 0 aliphatic carbocycles. The molecular weight excluding hydrogens is 332 g/mol. The molecule has 3 aromatic rings. The van der Waals surface area contributed by atoms with Gasteiger partial charge in [-0.2, -0.15) is 0 Å². The highest BCUT2D eigenvalue weighted by molar-refractivity contribution is 5.92. The van der Waals surface area contributed by atoms with Crippen LogP contribution in [-0.4, -0.2) is 66.5 Å². The molecule has 1 aliphatic heterocycles. The zero-order valence-corrected chi connectivity index (χ0v) is 14.8. The summed E-state index contributed by atoms with van der Waals surface area (Å²) in [4.78, 5) is 25.5. The normalized spacial score (nSPS) is 14.7. The van der Waals surface area contributed by atoms with Crippen LogP contribution in [0.15, 0.2) is 36.8 Å². The number of piperazine rings is 1. The van der Waals surface area contributed by atoms with Crippen molar-refractivity contribution in [1.82, 2.24) is 34.4 Å². The van der Waals surface area contributed by atoms with Crippen LogP contribution in [0.4, 0.5) is 5.82 Å². The molecule has 1 fully saturated rings. The Hall–Kier alpha value is -3.23. The molecule has 0 radical (unpaired) electrons. The van der Waals surface area contributed by atoms with Crippen molar-refractivity contribution >= 4 is 11.7 Å². The van der Waals surface area contributed by atoms with E-state index in [1.807, 2.05) is 42.1 Å². The number of anilines is 1. The molecule has 0 N–H and O–H groups in total. The van der Waals surface area contributed by atoms with E-state index in [9.17, 15) is 4.79 Å². The number of carbonyl (C=O) groups is 1. The fraction of sp³-hybridized carbons (Fsp3) is 0.353. The average molecular weight is 352 g/mol. The predicted octanol–water partition coefficient (Wildman–Crippen LogP) is 0.667. The van der Waals surface area contributed by atoms with Crippen LogP contribution in [0.25, 0.3) is 5.82 Å². The third-order valence-corrected chi connectivity index (χ3v) is 4.39. The molecule has 9 heteroatoms. The van der Waals surface area contributed by atoms with Crippen LogP contribution in [0.1, 0.15) is 16.3 Å². The quantitative estimate of drug-likeness (QED) is 0.689. The summed E-state index contributed by atoms with van der Waals surface area (Å²) in [5.41, 5.74) is 0.383. The first-order valence-electron chi connectivity index (χ1n) is 8.50. The van der Waals surface area contributed by atoms with Crippen LogP contribution in [0.3, 0.4) is 0 Å². The number of nitrogens with zero attached hydrogens (tertiary/aromatic N) is 8. The van der Waals surface area contributed by atoms with Crippen molar-refractivity contribution in [3.05, 3.63) is 48.3 Å². The van der Waals surface area contributed by atoms with Gasteiger partial charge in [0.15, 0.2) is 5.69 Å². The smallest absolute Gasteiger partial charge is 0.276 e. The van der Waals surface area contributed by atoms with E-state index >= 15 is 0 Å². The number of amides is 1. The minimum atomic E-state index is -0.0790. The van der Waals surface area contributed by atoms with E-state index in [1.165, 1.54) is 4.68 Å². The van der Waals surface area contributed by atoms with Crippen molar-refractivity contribution in [1.29, 1.82) is 0 Å². The molecule has 26 heavy (non-hydrogen) atoms. The zero-order valence-electron chi connectivity index (χ0n) is 14.8. The van der Waals surface area contributed by atoms with Gasteiger partial charge in [0.05, 0.1) is 6.20 Å². The topological polar surface area (TPSA) is 85.0 Å². The third kappa shape index (κ3) is 3.15. The largest absolute Gasteiger partial charge is 0.353 e. The average Bonchev–Trinajstić information content (AvgIpc) is 3.32. The third-order valence-electron chi connectivity index (χ3n) is 4.39. The van der Waals surface area contributed by atoms with Crippen LogP contribution in [-0.2, 0) is 7.05 Å². The second kappa shape index (κ2) is 6.58. The van der Waals surface area contributed by atoms with Gasteiger partial charge >= 0.3 is 0 Å². The van der Waals surface area contributed by atoms with E-state index in [4.69, 9.17) is 0 Å². The fourth-order valence-corrected chi connectivity index (χ4v) is 3.06. The summed E-state index contributed by atoms with van der Waals surface area (Å²) in [5.74, 6) is 2.37. The lowest BCUT2D eigenvalue weighted by Gasteiger charge is -2.35. The molecule has 1 saturated heterocycles. The molecule has 3 aromatic heterocycles. The molecule has 4 rings (SSSR count). The van der Waals surface area contributed by atoms with Crippen molar-refractivity contribution in [3.63, 3.8) is 0 Å². The van der Waals surface area contributed by atoms with E-state index in [0.29, 0.717) is 31.9 Å². The predicted molar refractivity (Wildman–Crippen MR) is 95.2 cm³/mol. The van der Waals surface area contributed by atoms with Crippen molar-refractivity contribution < 1.29 is 4.79 Å². The summed E-state index contributed by atoms with van der Waals surface area (Å²) in [6, 6.07) is 5.91. The molecule has 9 nitrogen and oxygen atoms in total. The van der Waals surface area contributed by atoms with Gasteiger partial charge < -0.3 is 14.4 Å². The Bertz CT molecular complexity index is 909. The Labute approximate surface area is 150 Å². The second-order valence-electron chi connectivity index (χ2n) is 6.28. The Balaban J connectivity index is 1.47. The highest BCUT2D eigenvalue weighted by atomic mass is 16.2. The van der Waals surface area contributed by atoms with Crippen LogP contribution >= 0.6 is 0 Å². The summed E-state index contributed by atoms with van der Waals surface area (Å²) < 4.78 is 3.50. The monoisotopic (exact) mass is 352 g/mol. The SMILES string of the molecule is Cc1nc(N2CCN(C(=O)c3cn(C)nn3)CC2)cc(-n2cccc2)n1. The number of hydrogen-bond acceptors (Lipinski definition) is 6.